The molecule has 0 aliphatic heterocycles. The van der Waals surface area contributed by atoms with E-state index in [2.05, 4.69) is 4.72 Å². The summed E-state index contributed by atoms with van der Waals surface area (Å²) < 4.78 is 33.8. The Bertz CT molecular complexity index is 826. The lowest BCUT2D eigenvalue weighted by Crippen LogP contribution is -2.18. The molecular formula is C18H23NO3S. The van der Waals surface area contributed by atoms with E-state index in [0.29, 0.717) is 16.3 Å². The smallest absolute Gasteiger partial charge is 0.262 e. The second-order valence-electron chi connectivity index (χ2n) is 5.76. The van der Waals surface area contributed by atoms with Crippen molar-refractivity contribution in [1.29, 1.82) is 0 Å². The summed E-state index contributed by atoms with van der Waals surface area (Å²) >= 11 is 0. The molecule has 0 saturated carbocycles. The molecule has 0 fully saturated rings. The topological polar surface area (TPSA) is 55.4 Å². The van der Waals surface area contributed by atoms with Gasteiger partial charge < -0.3 is 4.74 Å². The maximum Gasteiger partial charge on any atom is 0.262 e. The number of para-hydroxylation sites is 2. The first-order chi connectivity index (χ1) is 10.7. The molecule has 0 aromatic heterocycles. The summed E-state index contributed by atoms with van der Waals surface area (Å²) in [6.45, 7) is 9.64. The molecule has 4 nitrogen and oxygen atoms in total. The van der Waals surface area contributed by atoms with Gasteiger partial charge in [0.1, 0.15) is 5.75 Å². The van der Waals surface area contributed by atoms with Crippen LogP contribution in [0, 0.1) is 34.6 Å². The van der Waals surface area contributed by atoms with Crippen molar-refractivity contribution >= 4 is 15.7 Å². The molecule has 0 heterocycles. The van der Waals surface area contributed by atoms with Crippen LogP contribution in [0.25, 0.3) is 0 Å². The summed E-state index contributed by atoms with van der Waals surface area (Å²) in [6.07, 6.45) is 0. The molecule has 2 aromatic rings. The zero-order valence-corrected chi connectivity index (χ0v) is 15.3. The van der Waals surface area contributed by atoms with Gasteiger partial charge in [0, 0.05) is 0 Å². The average molecular weight is 333 g/mol. The molecule has 0 spiro atoms. The van der Waals surface area contributed by atoms with Crippen molar-refractivity contribution in [3.8, 4) is 5.75 Å². The van der Waals surface area contributed by atoms with Gasteiger partial charge in [0.05, 0.1) is 17.7 Å². The summed E-state index contributed by atoms with van der Waals surface area (Å²) in [5.41, 5.74) is 5.16. The predicted molar refractivity (Wildman–Crippen MR) is 93.9 cm³/mol. The SMILES string of the molecule is COc1ccccc1NS(=O)(=O)c1c(C)c(C)c(C)c(C)c1C. The molecule has 0 saturated heterocycles. The quantitative estimate of drug-likeness (QED) is 0.919. The third-order valence-corrected chi connectivity index (χ3v) is 6.19. The Kier molecular flexibility index (Phi) is 4.71. The Morgan fingerprint density at radius 3 is 1.83 bits per heavy atom. The molecule has 0 aliphatic rings. The van der Waals surface area contributed by atoms with Crippen LogP contribution < -0.4 is 9.46 Å². The Labute approximate surface area is 138 Å². The molecular weight excluding hydrogens is 310 g/mol. The van der Waals surface area contributed by atoms with Crippen molar-refractivity contribution in [1.82, 2.24) is 0 Å². The maximum atomic E-state index is 13.0. The van der Waals surface area contributed by atoms with Crippen molar-refractivity contribution in [2.75, 3.05) is 11.8 Å². The summed E-state index contributed by atoms with van der Waals surface area (Å²) in [5, 5.41) is 0. The van der Waals surface area contributed by atoms with Crippen LogP contribution in [0.4, 0.5) is 5.69 Å². The molecule has 0 bridgehead atoms. The van der Waals surface area contributed by atoms with Gasteiger partial charge in [-0.1, -0.05) is 12.1 Å². The van der Waals surface area contributed by atoms with Gasteiger partial charge in [0.25, 0.3) is 10.0 Å². The van der Waals surface area contributed by atoms with Crippen LogP contribution in [0.2, 0.25) is 0 Å². The second-order valence-corrected chi connectivity index (χ2v) is 7.38. The molecule has 23 heavy (non-hydrogen) atoms. The lowest BCUT2D eigenvalue weighted by molar-refractivity contribution is 0.417. The van der Waals surface area contributed by atoms with Gasteiger partial charge in [0.15, 0.2) is 0 Å². The molecule has 0 aliphatic carbocycles. The van der Waals surface area contributed by atoms with E-state index in [1.165, 1.54) is 7.11 Å². The van der Waals surface area contributed by atoms with E-state index in [1.54, 1.807) is 24.3 Å². The Balaban J connectivity index is 2.62. The minimum absolute atomic E-state index is 0.351. The lowest BCUT2D eigenvalue weighted by atomic mass is 9.95. The molecule has 0 unspecified atom stereocenters. The summed E-state index contributed by atoms with van der Waals surface area (Å²) in [5.74, 6) is 0.493. The monoisotopic (exact) mass is 333 g/mol. The number of hydrogen-bond donors (Lipinski definition) is 1. The highest BCUT2D eigenvalue weighted by Gasteiger charge is 2.24. The highest BCUT2D eigenvalue weighted by molar-refractivity contribution is 7.92. The van der Waals surface area contributed by atoms with Crippen LogP contribution in [0.3, 0.4) is 0 Å². The van der Waals surface area contributed by atoms with Gasteiger partial charge in [-0.3, -0.25) is 4.72 Å². The average Bonchev–Trinajstić information content (AvgIpc) is 2.51. The van der Waals surface area contributed by atoms with Crippen LogP contribution in [0.1, 0.15) is 27.8 Å². The van der Waals surface area contributed by atoms with Gasteiger partial charge in [-0.25, -0.2) is 8.42 Å². The summed E-state index contributed by atoms with van der Waals surface area (Å²) in [6, 6.07) is 6.98. The molecule has 5 heteroatoms. The fourth-order valence-electron chi connectivity index (χ4n) is 2.79. The first kappa shape index (κ1) is 17.3. The zero-order valence-electron chi connectivity index (χ0n) is 14.4. The Morgan fingerprint density at radius 2 is 1.30 bits per heavy atom. The minimum atomic E-state index is -3.70. The molecule has 2 aromatic carbocycles. The van der Waals surface area contributed by atoms with Crippen molar-refractivity contribution in [2.24, 2.45) is 0 Å². The van der Waals surface area contributed by atoms with E-state index < -0.39 is 10.0 Å². The number of nitrogens with one attached hydrogen (secondary N) is 1. The van der Waals surface area contributed by atoms with E-state index in [4.69, 9.17) is 4.74 Å². The number of hydrogen-bond acceptors (Lipinski definition) is 3. The lowest BCUT2D eigenvalue weighted by Gasteiger charge is -2.20. The number of sulfonamides is 1. The van der Waals surface area contributed by atoms with Gasteiger partial charge in [0.2, 0.25) is 0 Å². The Morgan fingerprint density at radius 1 is 0.826 bits per heavy atom. The van der Waals surface area contributed by atoms with E-state index in [-0.39, 0.29) is 0 Å². The second kappa shape index (κ2) is 6.24. The number of benzene rings is 2. The van der Waals surface area contributed by atoms with Crippen LogP contribution in [-0.2, 0) is 10.0 Å². The molecule has 124 valence electrons. The van der Waals surface area contributed by atoms with Gasteiger partial charge in [-0.05, 0) is 74.6 Å². The zero-order chi connectivity index (χ0) is 17.4. The molecule has 0 amide bonds. The normalized spacial score (nSPS) is 11.4. The summed E-state index contributed by atoms with van der Waals surface area (Å²) in [4.78, 5) is 0.351. The van der Waals surface area contributed by atoms with Gasteiger partial charge in [-0.2, -0.15) is 0 Å². The number of anilines is 1. The van der Waals surface area contributed by atoms with Crippen LogP contribution in [0.15, 0.2) is 29.2 Å². The number of ether oxygens (including phenoxy) is 1. The fraction of sp³-hybridized carbons (Fsp3) is 0.333. The van der Waals surface area contributed by atoms with E-state index in [0.717, 1.165) is 27.8 Å². The maximum absolute atomic E-state index is 13.0. The highest BCUT2D eigenvalue weighted by Crippen LogP contribution is 2.32. The van der Waals surface area contributed by atoms with Crippen molar-refractivity contribution < 1.29 is 13.2 Å². The Hall–Kier alpha value is -2.01. The first-order valence-corrected chi connectivity index (χ1v) is 8.91. The molecule has 1 N–H and O–H groups in total. The van der Waals surface area contributed by atoms with Crippen molar-refractivity contribution in [3.05, 3.63) is 52.1 Å². The molecule has 0 radical (unpaired) electrons. The number of rotatable bonds is 4. The molecule has 2 rings (SSSR count). The van der Waals surface area contributed by atoms with Crippen LogP contribution in [0.5, 0.6) is 5.75 Å². The summed E-state index contributed by atoms with van der Waals surface area (Å²) in [7, 11) is -2.18. The molecule has 0 atom stereocenters. The van der Waals surface area contributed by atoms with Crippen LogP contribution in [-0.4, -0.2) is 15.5 Å². The van der Waals surface area contributed by atoms with E-state index in [9.17, 15) is 8.42 Å². The van der Waals surface area contributed by atoms with Gasteiger partial charge >= 0.3 is 0 Å². The fourth-order valence-corrected chi connectivity index (χ4v) is 4.47. The standard InChI is InChI=1S/C18H23NO3S/c1-11-12(2)14(4)18(15(5)13(11)3)23(20,21)19-16-9-7-8-10-17(16)22-6/h7-10,19H,1-6H3. The predicted octanol–water partition coefficient (Wildman–Crippen LogP) is 4.04. The minimum Gasteiger partial charge on any atom is -0.495 e. The van der Waals surface area contributed by atoms with Gasteiger partial charge in [-0.15, -0.1) is 0 Å². The van der Waals surface area contributed by atoms with Crippen molar-refractivity contribution in [2.45, 2.75) is 39.5 Å². The highest BCUT2D eigenvalue weighted by atomic mass is 32.2. The third-order valence-electron chi connectivity index (χ3n) is 4.55. The third kappa shape index (κ3) is 3.06. The van der Waals surface area contributed by atoms with Crippen molar-refractivity contribution in [3.63, 3.8) is 0 Å². The van der Waals surface area contributed by atoms with E-state index >= 15 is 0 Å². The number of methoxy groups -OCH3 is 1. The van der Waals surface area contributed by atoms with E-state index in [1.807, 2.05) is 34.6 Å². The van der Waals surface area contributed by atoms with Crippen LogP contribution >= 0.6 is 0 Å². The largest absolute Gasteiger partial charge is 0.495 e. The first-order valence-electron chi connectivity index (χ1n) is 7.43.